The molecular weight excluding hydrogens is 384 g/mol. The van der Waals surface area contributed by atoms with Gasteiger partial charge in [0, 0.05) is 10.9 Å². The van der Waals surface area contributed by atoms with Crippen molar-refractivity contribution in [3.63, 3.8) is 0 Å². The number of esters is 1. The van der Waals surface area contributed by atoms with E-state index in [-0.39, 0.29) is 11.9 Å². The Morgan fingerprint density at radius 2 is 2.11 bits per heavy atom. The standard InChI is InChI=1S/C19H18N2O4S2/c1-3-24-19(23)17-12(2)7-16(27-17)21-18(22)13-5-4-6-15(8-13)25-9-14-10-26-11-20-14/h4-8,10-11H,3,9H2,1-2H3,(H,21,22). The van der Waals surface area contributed by atoms with Crippen molar-refractivity contribution in [3.05, 3.63) is 62.9 Å². The van der Waals surface area contributed by atoms with Crippen LogP contribution in [0.25, 0.3) is 0 Å². The van der Waals surface area contributed by atoms with Gasteiger partial charge >= 0.3 is 5.97 Å². The van der Waals surface area contributed by atoms with Crippen LogP contribution >= 0.6 is 22.7 Å². The summed E-state index contributed by atoms with van der Waals surface area (Å²) in [6.45, 7) is 4.23. The van der Waals surface area contributed by atoms with Gasteiger partial charge in [0.2, 0.25) is 0 Å². The number of aryl methyl sites for hydroxylation is 1. The predicted octanol–water partition coefficient (Wildman–Crippen LogP) is 4.52. The summed E-state index contributed by atoms with van der Waals surface area (Å²) < 4.78 is 10.7. The summed E-state index contributed by atoms with van der Waals surface area (Å²) in [5, 5.41) is 5.32. The zero-order valence-electron chi connectivity index (χ0n) is 14.9. The normalized spacial score (nSPS) is 10.4. The zero-order valence-corrected chi connectivity index (χ0v) is 16.5. The number of aromatic nitrogens is 1. The van der Waals surface area contributed by atoms with Crippen molar-refractivity contribution in [1.29, 1.82) is 0 Å². The Labute approximate surface area is 164 Å². The molecule has 0 aliphatic carbocycles. The van der Waals surface area contributed by atoms with Gasteiger partial charge in [0.25, 0.3) is 5.91 Å². The molecule has 0 radical (unpaired) electrons. The molecule has 1 aromatic carbocycles. The Balaban J connectivity index is 1.66. The maximum absolute atomic E-state index is 12.5. The number of rotatable bonds is 7. The van der Waals surface area contributed by atoms with Crippen LogP contribution in [0.3, 0.4) is 0 Å². The van der Waals surface area contributed by atoms with Crippen LogP contribution < -0.4 is 10.1 Å². The number of thiazole rings is 1. The van der Waals surface area contributed by atoms with E-state index in [0.717, 1.165) is 11.3 Å². The fourth-order valence-electron chi connectivity index (χ4n) is 2.32. The minimum absolute atomic E-state index is 0.272. The van der Waals surface area contributed by atoms with E-state index in [1.165, 1.54) is 22.7 Å². The molecule has 0 fully saturated rings. The summed E-state index contributed by atoms with van der Waals surface area (Å²) in [5.41, 5.74) is 3.83. The lowest BCUT2D eigenvalue weighted by molar-refractivity contribution is 0.0531. The molecule has 0 saturated carbocycles. The van der Waals surface area contributed by atoms with Crippen molar-refractivity contribution in [1.82, 2.24) is 4.98 Å². The molecule has 3 rings (SSSR count). The van der Waals surface area contributed by atoms with Gasteiger partial charge < -0.3 is 14.8 Å². The largest absolute Gasteiger partial charge is 0.487 e. The topological polar surface area (TPSA) is 77.5 Å². The first-order chi connectivity index (χ1) is 13.1. The first-order valence-electron chi connectivity index (χ1n) is 8.25. The van der Waals surface area contributed by atoms with Crippen molar-refractivity contribution in [2.24, 2.45) is 0 Å². The molecule has 2 heterocycles. The third kappa shape index (κ3) is 4.93. The molecule has 8 heteroatoms. The van der Waals surface area contributed by atoms with Gasteiger partial charge in [-0.2, -0.15) is 0 Å². The van der Waals surface area contributed by atoms with E-state index < -0.39 is 0 Å². The number of nitrogens with one attached hydrogen (secondary N) is 1. The summed E-state index contributed by atoms with van der Waals surface area (Å²) in [4.78, 5) is 29.1. The molecule has 1 N–H and O–H groups in total. The number of carbonyl (C=O) groups is 2. The minimum atomic E-state index is -0.377. The van der Waals surface area contributed by atoms with Crippen molar-refractivity contribution in [2.45, 2.75) is 20.5 Å². The first kappa shape index (κ1) is 19.1. The highest BCUT2D eigenvalue weighted by Gasteiger charge is 2.16. The summed E-state index contributed by atoms with van der Waals surface area (Å²) in [7, 11) is 0. The molecular formula is C19H18N2O4S2. The molecule has 6 nitrogen and oxygen atoms in total. The lowest BCUT2D eigenvalue weighted by atomic mass is 10.2. The van der Waals surface area contributed by atoms with Gasteiger partial charge in [-0.05, 0) is 43.7 Å². The van der Waals surface area contributed by atoms with E-state index in [2.05, 4.69) is 10.3 Å². The SMILES string of the molecule is CCOC(=O)c1sc(NC(=O)c2cccc(OCc3cscn3)c2)cc1C. The average Bonchev–Trinajstić information content (AvgIpc) is 3.30. The summed E-state index contributed by atoms with van der Waals surface area (Å²) in [6.07, 6.45) is 0. The van der Waals surface area contributed by atoms with Gasteiger partial charge in [-0.15, -0.1) is 22.7 Å². The number of amides is 1. The average molecular weight is 402 g/mol. The van der Waals surface area contributed by atoms with Gasteiger partial charge in [0.15, 0.2) is 0 Å². The lowest BCUT2D eigenvalue weighted by Gasteiger charge is -2.07. The highest BCUT2D eigenvalue weighted by molar-refractivity contribution is 7.18. The van der Waals surface area contributed by atoms with Crippen molar-refractivity contribution < 1.29 is 19.1 Å². The van der Waals surface area contributed by atoms with E-state index in [1.54, 1.807) is 42.8 Å². The van der Waals surface area contributed by atoms with Gasteiger partial charge in [0.1, 0.15) is 17.2 Å². The Morgan fingerprint density at radius 3 is 2.85 bits per heavy atom. The quantitative estimate of drug-likeness (QED) is 0.588. The lowest BCUT2D eigenvalue weighted by Crippen LogP contribution is -2.11. The fourth-order valence-corrected chi connectivity index (χ4v) is 3.82. The van der Waals surface area contributed by atoms with E-state index >= 15 is 0 Å². The maximum atomic E-state index is 12.5. The van der Waals surface area contributed by atoms with Crippen molar-refractivity contribution in [2.75, 3.05) is 11.9 Å². The van der Waals surface area contributed by atoms with Gasteiger partial charge in [0.05, 0.1) is 22.8 Å². The van der Waals surface area contributed by atoms with Crippen LogP contribution in [0, 0.1) is 6.92 Å². The number of nitrogens with zero attached hydrogens (tertiary/aromatic N) is 1. The molecule has 0 spiro atoms. The van der Waals surface area contributed by atoms with E-state index in [9.17, 15) is 9.59 Å². The molecule has 0 unspecified atom stereocenters. The summed E-state index contributed by atoms with van der Waals surface area (Å²) in [5.74, 6) is -0.0612. The Morgan fingerprint density at radius 1 is 1.26 bits per heavy atom. The van der Waals surface area contributed by atoms with Crippen LogP contribution in [-0.4, -0.2) is 23.5 Å². The maximum Gasteiger partial charge on any atom is 0.348 e. The highest BCUT2D eigenvalue weighted by Crippen LogP contribution is 2.28. The molecule has 0 atom stereocenters. The van der Waals surface area contributed by atoms with Crippen molar-refractivity contribution in [3.8, 4) is 5.75 Å². The van der Waals surface area contributed by atoms with Crippen LogP contribution in [0.2, 0.25) is 0 Å². The molecule has 1 amide bonds. The van der Waals surface area contributed by atoms with Gasteiger partial charge in [-0.25, -0.2) is 9.78 Å². The van der Waals surface area contributed by atoms with Crippen LogP contribution in [0.4, 0.5) is 5.00 Å². The third-order valence-corrected chi connectivity index (χ3v) is 5.35. The zero-order chi connectivity index (χ0) is 19.2. The second kappa shape index (κ2) is 8.79. The number of hydrogen-bond acceptors (Lipinski definition) is 7. The Hall–Kier alpha value is -2.71. The fraction of sp³-hybridized carbons (Fsp3) is 0.211. The number of thiophene rings is 1. The van der Waals surface area contributed by atoms with Crippen LogP contribution in [0.15, 0.2) is 41.2 Å². The van der Waals surface area contributed by atoms with Gasteiger partial charge in [-0.1, -0.05) is 6.07 Å². The second-order valence-corrected chi connectivity index (χ2v) is 7.36. The molecule has 0 aliphatic heterocycles. The minimum Gasteiger partial charge on any atom is -0.487 e. The Kier molecular flexibility index (Phi) is 6.20. The number of hydrogen-bond donors (Lipinski definition) is 1. The molecule has 140 valence electrons. The molecule has 0 bridgehead atoms. The highest BCUT2D eigenvalue weighted by atomic mass is 32.1. The van der Waals surface area contributed by atoms with Crippen LogP contribution in [-0.2, 0) is 11.3 Å². The number of ether oxygens (including phenoxy) is 2. The summed E-state index contributed by atoms with van der Waals surface area (Å²) in [6, 6.07) is 8.69. The molecule has 0 aliphatic rings. The number of benzene rings is 1. The first-order valence-corrected chi connectivity index (χ1v) is 10.0. The Bertz CT molecular complexity index is 935. The van der Waals surface area contributed by atoms with E-state index in [4.69, 9.17) is 9.47 Å². The van der Waals surface area contributed by atoms with Crippen LogP contribution in [0.1, 0.15) is 38.2 Å². The molecule has 3 aromatic rings. The smallest absolute Gasteiger partial charge is 0.348 e. The summed E-state index contributed by atoms with van der Waals surface area (Å²) >= 11 is 2.70. The molecule has 2 aromatic heterocycles. The third-order valence-electron chi connectivity index (χ3n) is 3.58. The predicted molar refractivity (Wildman–Crippen MR) is 106 cm³/mol. The number of carbonyl (C=O) groups excluding carboxylic acids is 2. The number of anilines is 1. The van der Waals surface area contributed by atoms with Gasteiger partial charge in [-0.3, -0.25) is 4.79 Å². The van der Waals surface area contributed by atoms with E-state index in [0.29, 0.717) is 34.4 Å². The van der Waals surface area contributed by atoms with E-state index in [1.807, 2.05) is 12.3 Å². The van der Waals surface area contributed by atoms with Crippen LogP contribution in [0.5, 0.6) is 5.75 Å². The monoisotopic (exact) mass is 402 g/mol. The molecule has 27 heavy (non-hydrogen) atoms. The van der Waals surface area contributed by atoms with Crippen molar-refractivity contribution >= 4 is 39.6 Å². The second-order valence-electron chi connectivity index (χ2n) is 5.59. The molecule has 0 saturated heterocycles.